The van der Waals surface area contributed by atoms with Gasteiger partial charge in [-0.05, 0) is 26.0 Å². The molecule has 1 aromatic rings. The minimum atomic E-state index is -0.431. The van der Waals surface area contributed by atoms with Crippen molar-refractivity contribution in [2.24, 2.45) is 0 Å². The maximum atomic E-state index is 9.59. The van der Waals surface area contributed by atoms with E-state index in [2.05, 4.69) is 4.98 Å². The highest BCUT2D eigenvalue weighted by molar-refractivity contribution is 7.99. The molecule has 0 saturated carbocycles. The number of aliphatic hydroxyl groups excluding tert-OH is 1. The van der Waals surface area contributed by atoms with Gasteiger partial charge in [0.15, 0.2) is 0 Å². The number of rotatable bonds is 6. The predicted molar refractivity (Wildman–Crippen MR) is 62.1 cm³/mol. The normalized spacial score (nSPS) is 13.1. The van der Waals surface area contributed by atoms with Gasteiger partial charge in [-0.1, -0.05) is 6.07 Å². The molecule has 0 aliphatic rings. The molecule has 0 radical (unpaired) electrons. The van der Waals surface area contributed by atoms with Crippen LogP contribution < -0.4 is 0 Å². The first-order valence-electron chi connectivity index (χ1n) is 5.02. The quantitative estimate of drug-likeness (QED) is 0.754. The van der Waals surface area contributed by atoms with E-state index in [9.17, 15) is 5.11 Å². The van der Waals surface area contributed by atoms with Crippen LogP contribution in [-0.2, 0) is 4.74 Å². The molecular weight excluding hydrogens is 210 g/mol. The van der Waals surface area contributed by atoms with Crippen LogP contribution in [0.1, 0.15) is 13.8 Å². The summed E-state index contributed by atoms with van der Waals surface area (Å²) >= 11 is 1.54. The van der Waals surface area contributed by atoms with Gasteiger partial charge in [0, 0.05) is 11.9 Å². The number of pyridine rings is 1. The highest BCUT2D eigenvalue weighted by atomic mass is 32.2. The van der Waals surface area contributed by atoms with E-state index in [0.717, 1.165) is 5.03 Å². The lowest BCUT2D eigenvalue weighted by molar-refractivity contribution is 0.0152. The van der Waals surface area contributed by atoms with Crippen molar-refractivity contribution in [1.82, 2.24) is 4.98 Å². The van der Waals surface area contributed by atoms with Gasteiger partial charge >= 0.3 is 0 Å². The molecule has 4 heteroatoms. The smallest absolute Gasteiger partial charge is 0.0960 e. The highest BCUT2D eigenvalue weighted by Crippen LogP contribution is 2.15. The molecule has 0 aromatic carbocycles. The van der Waals surface area contributed by atoms with E-state index in [-0.39, 0.29) is 6.10 Å². The Morgan fingerprint density at radius 2 is 2.27 bits per heavy atom. The molecule has 0 bridgehead atoms. The highest BCUT2D eigenvalue weighted by Gasteiger charge is 2.06. The molecule has 0 unspecified atom stereocenters. The Kier molecular flexibility index (Phi) is 5.68. The molecule has 15 heavy (non-hydrogen) atoms. The number of aromatic nitrogens is 1. The van der Waals surface area contributed by atoms with Gasteiger partial charge in [-0.3, -0.25) is 0 Å². The van der Waals surface area contributed by atoms with Crippen LogP contribution in [0.2, 0.25) is 0 Å². The largest absolute Gasteiger partial charge is 0.390 e. The van der Waals surface area contributed by atoms with E-state index in [0.29, 0.717) is 12.4 Å². The molecule has 0 aliphatic heterocycles. The average Bonchev–Trinajstić information content (AvgIpc) is 2.25. The molecule has 1 aromatic heterocycles. The Morgan fingerprint density at radius 3 is 2.87 bits per heavy atom. The van der Waals surface area contributed by atoms with Crippen molar-refractivity contribution in [1.29, 1.82) is 0 Å². The van der Waals surface area contributed by atoms with Gasteiger partial charge in [0.05, 0.1) is 23.8 Å². The van der Waals surface area contributed by atoms with E-state index in [1.54, 1.807) is 6.20 Å². The lowest BCUT2D eigenvalue weighted by atomic mass is 10.4. The molecular formula is C11H17NO2S. The van der Waals surface area contributed by atoms with E-state index in [4.69, 9.17) is 4.74 Å². The molecule has 1 atom stereocenters. The third-order valence-corrected chi connectivity index (χ3v) is 2.77. The SMILES string of the molecule is CC(C)OC[C@H](O)CSc1ccccn1. The summed E-state index contributed by atoms with van der Waals surface area (Å²) in [5, 5.41) is 10.5. The van der Waals surface area contributed by atoms with Crippen LogP contribution in [0, 0.1) is 0 Å². The number of hydrogen-bond donors (Lipinski definition) is 1. The molecule has 0 fully saturated rings. The monoisotopic (exact) mass is 227 g/mol. The molecule has 0 aliphatic carbocycles. The standard InChI is InChI=1S/C11H17NO2S/c1-9(2)14-7-10(13)8-15-11-5-3-4-6-12-11/h3-6,9-10,13H,7-8H2,1-2H3/t10-/m0/s1. The molecule has 1 rings (SSSR count). The summed E-state index contributed by atoms with van der Waals surface area (Å²) in [4.78, 5) is 4.16. The van der Waals surface area contributed by atoms with Crippen molar-refractivity contribution < 1.29 is 9.84 Å². The Bertz CT molecular complexity index is 267. The first-order chi connectivity index (χ1) is 7.18. The number of aliphatic hydroxyl groups is 1. The molecule has 84 valence electrons. The van der Waals surface area contributed by atoms with Gasteiger partial charge in [-0.2, -0.15) is 0 Å². The Hall–Kier alpha value is -0.580. The minimum Gasteiger partial charge on any atom is -0.390 e. The second-order valence-corrected chi connectivity index (χ2v) is 4.56. The summed E-state index contributed by atoms with van der Waals surface area (Å²) in [6.45, 7) is 4.30. The van der Waals surface area contributed by atoms with Gasteiger partial charge in [0.25, 0.3) is 0 Å². The molecule has 0 amide bonds. The number of ether oxygens (including phenoxy) is 1. The fourth-order valence-electron chi connectivity index (χ4n) is 0.966. The van der Waals surface area contributed by atoms with E-state index < -0.39 is 6.10 Å². The zero-order valence-electron chi connectivity index (χ0n) is 9.09. The van der Waals surface area contributed by atoms with E-state index >= 15 is 0 Å². The van der Waals surface area contributed by atoms with Gasteiger partial charge in [0.2, 0.25) is 0 Å². The summed E-state index contributed by atoms with van der Waals surface area (Å²) < 4.78 is 5.31. The minimum absolute atomic E-state index is 0.166. The molecule has 0 spiro atoms. The summed E-state index contributed by atoms with van der Waals surface area (Å²) in [5.74, 6) is 0.615. The molecule has 3 nitrogen and oxygen atoms in total. The Morgan fingerprint density at radius 1 is 1.47 bits per heavy atom. The van der Waals surface area contributed by atoms with Crippen LogP contribution in [0.4, 0.5) is 0 Å². The van der Waals surface area contributed by atoms with Crippen LogP contribution in [-0.4, -0.2) is 34.7 Å². The van der Waals surface area contributed by atoms with Crippen molar-refractivity contribution in [3.63, 3.8) is 0 Å². The van der Waals surface area contributed by atoms with Crippen molar-refractivity contribution in [2.45, 2.75) is 31.1 Å². The fourth-order valence-corrected chi connectivity index (χ4v) is 1.74. The fraction of sp³-hybridized carbons (Fsp3) is 0.545. The first-order valence-corrected chi connectivity index (χ1v) is 6.00. The number of thioether (sulfide) groups is 1. The van der Waals surface area contributed by atoms with Crippen LogP contribution in [0.5, 0.6) is 0 Å². The van der Waals surface area contributed by atoms with Gasteiger partial charge < -0.3 is 9.84 Å². The van der Waals surface area contributed by atoms with Crippen molar-refractivity contribution in [3.8, 4) is 0 Å². The Labute approximate surface area is 94.9 Å². The van der Waals surface area contributed by atoms with Crippen LogP contribution in [0.25, 0.3) is 0 Å². The topological polar surface area (TPSA) is 42.4 Å². The van der Waals surface area contributed by atoms with Gasteiger partial charge in [-0.25, -0.2) is 4.98 Å². The summed E-state index contributed by atoms with van der Waals surface area (Å²) in [7, 11) is 0. The molecule has 0 saturated heterocycles. The summed E-state index contributed by atoms with van der Waals surface area (Å²) in [6, 6.07) is 5.75. The number of nitrogens with zero attached hydrogens (tertiary/aromatic N) is 1. The zero-order chi connectivity index (χ0) is 11.1. The second kappa shape index (κ2) is 6.82. The van der Waals surface area contributed by atoms with Crippen molar-refractivity contribution in [2.75, 3.05) is 12.4 Å². The van der Waals surface area contributed by atoms with Gasteiger partial charge in [0.1, 0.15) is 0 Å². The second-order valence-electron chi connectivity index (χ2n) is 3.51. The third-order valence-electron chi connectivity index (χ3n) is 1.68. The average molecular weight is 227 g/mol. The maximum absolute atomic E-state index is 9.59. The van der Waals surface area contributed by atoms with E-state index in [1.165, 1.54) is 11.8 Å². The summed E-state index contributed by atoms with van der Waals surface area (Å²) in [6.07, 6.45) is 1.48. The van der Waals surface area contributed by atoms with Crippen LogP contribution in [0.15, 0.2) is 29.4 Å². The van der Waals surface area contributed by atoms with Crippen LogP contribution >= 0.6 is 11.8 Å². The first kappa shape index (κ1) is 12.5. The van der Waals surface area contributed by atoms with E-state index in [1.807, 2.05) is 32.0 Å². The lowest BCUT2D eigenvalue weighted by Gasteiger charge is -2.12. The third kappa shape index (κ3) is 5.77. The van der Waals surface area contributed by atoms with Crippen LogP contribution in [0.3, 0.4) is 0 Å². The lowest BCUT2D eigenvalue weighted by Crippen LogP contribution is -2.20. The molecule has 1 N–H and O–H groups in total. The summed E-state index contributed by atoms with van der Waals surface area (Å²) in [5.41, 5.74) is 0. The Balaban J connectivity index is 2.19. The molecule has 1 heterocycles. The van der Waals surface area contributed by atoms with Crippen molar-refractivity contribution in [3.05, 3.63) is 24.4 Å². The zero-order valence-corrected chi connectivity index (χ0v) is 9.91. The number of hydrogen-bond acceptors (Lipinski definition) is 4. The predicted octanol–water partition coefficient (Wildman–Crippen LogP) is 1.96. The van der Waals surface area contributed by atoms with Gasteiger partial charge in [-0.15, -0.1) is 11.8 Å². The maximum Gasteiger partial charge on any atom is 0.0960 e. The van der Waals surface area contributed by atoms with Crippen molar-refractivity contribution >= 4 is 11.8 Å².